The molecule has 0 aliphatic rings. The van der Waals surface area contributed by atoms with Gasteiger partial charge in [0.25, 0.3) is 0 Å². The zero-order valence-electron chi connectivity index (χ0n) is 14.0. The van der Waals surface area contributed by atoms with Crippen molar-refractivity contribution in [1.29, 1.82) is 0 Å². The normalized spacial score (nSPS) is 11.7. The second-order valence-corrected chi connectivity index (χ2v) is 5.93. The molecule has 0 bridgehead atoms. The number of furan rings is 1. The molecule has 0 aliphatic carbocycles. The topological polar surface area (TPSA) is 49.6 Å². The zero-order valence-corrected chi connectivity index (χ0v) is 16.3. The second kappa shape index (κ2) is 9.60. The van der Waals surface area contributed by atoms with Crippen molar-refractivity contribution in [2.45, 2.75) is 25.7 Å². The van der Waals surface area contributed by atoms with E-state index in [0.717, 1.165) is 31.2 Å². The maximum Gasteiger partial charge on any atom is 0.191 e. The van der Waals surface area contributed by atoms with Crippen LogP contribution < -0.4 is 10.6 Å². The van der Waals surface area contributed by atoms with Crippen LogP contribution in [0, 0.1) is 0 Å². The fourth-order valence-corrected chi connectivity index (χ4v) is 2.28. The van der Waals surface area contributed by atoms with Crippen molar-refractivity contribution in [2.75, 3.05) is 20.1 Å². The molecule has 0 saturated carbocycles. The van der Waals surface area contributed by atoms with Gasteiger partial charge in [-0.3, -0.25) is 4.99 Å². The molecule has 126 valence electrons. The monoisotopic (exact) mass is 427 g/mol. The van der Waals surface area contributed by atoms with Crippen molar-refractivity contribution in [3.63, 3.8) is 0 Å². The van der Waals surface area contributed by atoms with E-state index in [1.807, 2.05) is 18.2 Å². The molecule has 5 heteroatoms. The van der Waals surface area contributed by atoms with Crippen LogP contribution in [0.4, 0.5) is 0 Å². The first-order valence-corrected chi connectivity index (χ1v) is 7.64. The molecule has 0 saturated heterocycles. The lowest BCUT2D eigenvalue weighted by molar-refractivity contribution is 0.499. The molecule has 2 aromatic rings. The third kappa shape index (κ3) is 6.25. The first-order valence-electron chi connectivity index (χ1n) is 7.64. The summed E-state index contributed by atoms with van der Waals surface area (Å²) in [7, 11) is 1.79. The third-order valence-electron chi connectivity index (χ3n) is 3.72. The average molecular weight is 427 g/mol. The van der Waals surface area contributed by atoms with Crippen LogP contribution in [-0.2, 0) is 11.8 Å². The SMILES string of the molecule is CN=C(NCCc1ccco1)NCC(C)(C)c1ccccc1.I. The number of nitrogens with one attached hydrogen (secondary N) is 2. The number of aliphatic imine (C=N–C) groups is 1. The predicted octanol–water partition coefficient (Wildman–Crippen LogP) is 3.58. The van der Waals surface area contributed by atoms with Crippen molar-refractivity contribution < 1.29 is 4.42 Å². The summed E-state index contributed by atoms with van der Waals surface area (Å²) in [6.45, 7) is 6.06. The van der Waals surface area contributed by atoms with Crippen molar-refractivity contribution in [3.05, 3.63) is 60.1 Å². The highest BCUT2D eigenvalue weighted by Gasteiger charge is 2.20. The van der Waals surface area contributed by atoms with Gasteiger partial charge in [-0.2, -0.15) is 0 Å². The molecule has 1 heterocycles. The van der Waals surface area contributed by atoms with Gasteiger partial charge in [0.05, 0.1) is 6.26 Å². The van der Waals surface area contributed by atoms with Gasteiger partial charge < -0.3 is 15.1 Å². The molecule has 23 heavy (non-hydrogen) atoms. The van der Waals surface area contributed by atoms with Crippen molar-refractivity contribution in [3.8, 4) is 0 Å². The average Bonchev–Trinajstić information content (AvgIpc) is 3.05. The van der Waals surface area contributed by atoms with Gasteiger partial charge >= 0.3 is 0 Å². The van der Waals surface area contributed by atoms with E-state index in [1.54, 1.807) is 13.3 Å². The predicted molar refractivity (Wildman–Crippen MR) is 107 cm³/mol. The molecule has 0 aliphatic heterocycles. The standard InChI is InChI=1S/C18H25N3O.HI/c1-18(2,15-8-5-4-6-9-15)14-21-17(19-3)20-12-11-16-10-7-13-22-16;/h4-10,13H,11-12,14H2,1-3H3,(H2,19,20,21);1H. The Kier molecular flexibility index (Phi) is 8.16. The number of benzene rings is 1. The van der Waals surface area contributed by atoms with Gasteiger partial charge in [0.15, 0.2) is 5.96 Å². The number of guanidine groups is 1. The highest BCUT2D eigenvalue weighted by Crippen LogP contribution is 2.21. The summed E-state index contributed by atoms with van der Waals surface area (Å²) < 4.78 is 5.32. The molecule has 0 amide bonds. The summed E-state index contributed by atoms with van der Waals surface area (Å²) >= 11 is 0. The largest absolute Gasteiger partial charge is 0.469 e. The summed E-state index contributed by atoms with van der Waals surface area (Å²) in [5, 5.41) is 6.71. The molecule has 0 fully saturated rings. The maximum absolute atomic E-state index is 5.32. The molecule has 0 atom stereocenters. The fraction of sp³-hybridized carbons (Fsp3) is 0.389. The molecule has 0 radical (unpaired) electrons. The summed E-state index contributed by atoms with van der Waals surface area (Å²) in [5.41, 5.74) is 1.36. The van der Waals surface area contributed by atoms with E-state index in [0.29, 0.717) is 0 Å². The van der Waals surface area contributed by atoms with Crippen LogP contribution >= 0.6 is 24.0 Å². The van der Waals surface area contributed by atoms with Crippen LogP contribution in [-0.4, -0.2) is 26.1 Å². The smallest absolute Gasteiger partial charge is 0.191 e. The van der Waals surface area contributed by atoms with Crippen molar-refractivity contribution in [1.82, 2.24) is 10.6 Å². The summed E-state index contributed by atoms with van der Waals surface area (Å²) in [6, 6.07) is 14.4. The zero-order chi connectivity index (χ0) is 15.8. The first-order chi connectivity index (χ1) is 10.6. The van der Waals surface area contributed by atoms with E-state index < -0.39 is 0 Å². The Labute approximate surface area is 155 Å². The van der Waals surface area contributed by atoms with E-state index in [-0.39, 0.29) is 29.4 Å². The van der Waals surface area contributed by atoms with Crippen LogP contribution in [0.5, 0.6) is 0 Å². The quantitative estimate of drug-likeness (QED) is 0.421. The van der Waals surface area contributed by atoms with Crippen molar-refractivity contribution in [2.24, 2.45) is 4.99 Å². The number of hydrogen-bond donors (Lipinski definition) is 2. The molecule has 0 unspecified atom stereocenters. The lowest BCUT2D eigenvalue weighted by atomic mass is 9.85. The van der Waals surface area contributed by atoms with E-state index in [2.05, 4.69) is 53.7 Å². The van der Waals surface area contributed by atoms with Gasteiger partial charge in [-0.15, -0.1) is 24.0 Å². The first kappa shape index (κ1) is 19.5. The molecular weight excluding hydrogens is 401 g/mol. The molecule has 1 aromatic carbocycles. The lowest BCUT2D eigenvalue weighted by Crippen LogP contribution is -2.44. The van der Waals surface area contributed by atoms with Gasteiger partial charge in [0.2, 0.25) is 0 Å². The Bertz CT molecular complexity index is 580. The van der Waals surface area contributed by atoms with E-state index in [1.165, 1.54) is 5.56 Å². The molecule has 2 rings (SSSR count). The minimum absolute atomic E-state index is 0. The van der Waals surface area contributed by atoms with Gasteiger partial charge in [0.1, 0.15) is 5.76 Å². The summed E-state index contributed by atoms with van der Waals surface area (Å²) in [4.78, 5) is 4.27. The van der Waals surface area contributed by atoms with Crippen LogP contribution in [0.3, 0.4) is 0 Å². The minimum Gasteiger partial charge on any atom is -0.469 e. The van der Waals surface area contributed by atoms with Gasteiger partial charge in [-0.25, -0.2) is 0 Å². The number of rotatable bonds is 6. The van der Waals surface area contributed by atoms with Crippen LogP contribution in [0.25, 0.3) is 0 Å². The Morgan fingerprint density at radius 3 is 2.43 bits per heavy atom. The van der Waals surface area contributed by atoms with E-state index in [9.17, 15) is 0 Å². The highest BCUT2D eigenvalue weighted by atomic mass is 127. The summed E-state index contributed by atoms with van der Waals surface area (Å²) in [5.74, 6) is 1.79. The Morgan fingerprint density at radius 2 is 1.83 bits per heavy atom. The highest BCUT2D eigenvalue weighted by molar-refractivity contribution is 14.0. The van der Waals surface area contributed by atoms with E-state index >= 15 is 0 Å². The Hall–Kier alpha value is -1.50. The van der Waals surface area contributed by atoms with Crippen molar-refractivity contribution >= 4 is 29.9 Å². The molecule has 1 aromatic heterocycles. The molecular formula is C18H26IN3O. The number of nitrogens with zero attached hydrogens (tertiary/aromatic N) is 1. The molecule has 4 nitrogen and oxygen atoms in total. The Balaban J connectivity index is 0.00000264. The Morgan fingerprint density at radius 1 is 1.09 bits per heavy atom. The molecule has 2 N–H and O–H groups in total. The third-order valence-corrected chi connectivity index (χ3v) is 3.72. The van der Waals surface area contributed by atoms with Gasteiger partial charge in [-0.05, 0) is 17.7 Å². The number of hydrogen-bond acceptors (Lipinski definition) is 2. The second-order valence-electron chi connectivity index (χ2n) is 5.93. The van der Waals surface area contributed by atoms with Gasteiger partial charge in [0, 0.05) is 32.0 Å². The fourth-order valence-electron chi connectivity index (χ4n) is 2.28. The molecule has 0 spiro atoms. The van der Waals surface area contributed by atoms with Crippen LogP contribution in [0.1, 0.15) is 25.2 Å². The van der Waals surface area contributed by atoms with E-state index in [4.69, 9.17) is 4.42 Å². The summed E-state index contributed by atoms with van der Waals surface area (Å²) in [6.07, 6.45) is 2.54. The lowest BCUT2D eigenvalue weighted by Gasteiger charge is -2.26. The van der Waals surface area contributed by atoms with Crippen LogP contribution in [0.15, 0.2) is 58.1 Å². The number of halogens is 1. The van der Waals surface area contributed by atoms with Gasteiger partial charge in [-0.1, -0.05) is 44.2 Å². The van der Waals surface area contributed by atoms with Crippen LogP contribution in [0.2, 0.25) is 0 Å². The maximum atomic E-state index is 5.32. The minimum atomic E-state index is 0.